The van der Waals surface area contributed by atoms with E-state index in [-0.39, 0.29) is 12.5 Å². The summed E-state index contributed by atoms with van der Waals surface area (Å²) >= 11 is 0. The summed E-state index contributed by atoms with van der Waals surface area (Å²) in [6, 6.07) is 0. The smallest absolute Gasteiger partial charge is 0.369 e. The van der Waals surface area contributed by atoms with E-state index >= 15 is 0 Å². The average molecular weight is 437 g/mol. The molecule has 0 aliphatic heterocycles. The third-order valence-corrected chi connectivity index (χ3v) is 6.36. The monoisotopic (exact) mass is 436 g/mol. The maximum atomic E-state index is 12.7. The van der Waals surface area contributed by atoms with Crippen LogP contribution in [-0.2, 0) is 23.4 Å². The van der Waals surface area contributed by atoms with E-state index in [1.165, 1.54) is 64.2 Å². The van der Waals surface area contributed by atoms with Gasteiger partial charge in [0.15, 0.2) is 6.35 Å². The average Bonchev–Trinajstić information content (AvgIpc) is 2.73. The minimum Gasteiger partial charge on any atom is -0.369 e. The highest BCUT2D eigenvalue weighted by Gasteiger charge is 2.28. The van der Waals surface area contributed by atoms with Crippen LogP contribution in [0.4, 0.5) is 0 Å². The van der Waals surface area contributed by atoms with Crippen LogP contribution >= 0.6 is 7.60 Å². The molecule has 176 valence electrons. The third-order valence-electron chi connectivity index (χ3n) is 4.97. The van der Waals surface area contributed by atoms with Crippen molar-refractivity contribution in [1.82, 2.24) is 0 Å². The minimum atomic E-state index is -3.35. The van der Waals surface area contributed by atoms with Crippen molar-refractivity contribution < 1.29 is 23.4 Å². The van der Waals surface area contributed by atoms with Crippen LogP contribution in [0.25, 0.3) is 0 Å². The first-order valence-corrected chi connectivity index (χ1v) is 14.0. The van der Waals surface area contributed by atoms with Crippen molar-refractivity contribution in [3.8, 4) is 0 Å². The van der Waals surface area contributed by atoms with E-state index in [0.717, 1.165) is 32.1 Å². The molecular formula is C23H49O5P. The van der Waals surface area contributed by atoms with Gasteiger partial charge in [0.25, 0.3) is 0 Å². The van der Waals surface area contributed by atoms with Crippen LogP contribution in [0.2, 0.25) is 0 Å². The quantitative estimate of drug-likeness (QED) is 0.0696. The first kappa shape index (κ1) is 29.1. The Labute approximate surface area is 181 Å². The second kappa shape index (κ2) is 21.3. The molecule has 0 radical (unpaired) electrons. The fourth-order valence-corrected chi connectivity index (χ4v) is 4.34. The van der Waals surface area contributed by atoms with Crippen LogP contribution in [0.5, 0.6) is 0 Å². The lowest BCUT2D eigenvalue weighted by Gasteiger charge is -2.20. The summed E-state index contributed by atoms with van der Waals surface area (Å²) in [6.45, 7) is 9.23. The molecule has 0 fully saturated rings. The normalized spacial score (nSPS) is 14.8. The van der Waals surface area contributed by atoms with E-state index in [2.05, 4.69) is 13.8 Å². The first-order valence-electron chi connectivity index (χ1n) is 12.3. The zero-order valence-electron chi connectivity index (χ0n) is 19.8. The van der Waals surface area contributed by atoms with Crippen LogP contribution in [0, 0.1) is 0 Å². The van der Waals surface area contributed by atoms with E-state index in [1.54, 1.807) is 0 Å². The van der Waals surface area contributed by atoms with Crippen LogP contribution in [0.3, 0.4) is 0 Å². The summed E-state index contributed by atoms with van der Waals surface area (Å²) in [6.07, 6.45) is 17.9. The van der Waals surface area contributed by atoms with Crippen molar-refractivity contribution in [2.24, 2.45) is 0 Å². The number of hydrogen-bond donors (Lipinski definition) is 0. The molecule has 0 heterocycles. The molecule has 2 atom stereocenters. The Kier molecular flexibility index (Phi) is 21.4. The lowest BCUT2D eigenvalue weighted by atomic mass is 10.0. The number of ether oxygens (including phenoxy) is 1. The molecule has 0 aromatic carbocycles. The highest BCUT2D eigenvalue weighted by molar-refractivity contribution is 7.53. The molecule has 0 N–H and O–H groups in total. The molecule has 0 saturated carbocycles. The van der Waals surface area contributed by atoms with E-state index in [4.69, 9.17) is 18.8 Å². The second-order valence-electron chi connectivity index (χ2n) is 8.01. The highest BCUT2D eigenvalue weighted by atomic mass is 31.2. The van der Waals surface area contributed by atoms with Gasteiger partial charge >= 0.3 is 7.60 Å². The summed E-state index contributed by atoms with van der Waals surface area (Å²) in [5, 5.41) is 0. The molecule has 29 heavy (non-hydrogen) atoms. The summed E-state index contributed by atoms with van der Waals surface area (Å²) in [7, 11) is -3.35. The highest BCUT2D eigenvalue weighted by Crippen LogP contribution is 2.49. The first-order chi connectivity index (χ1) is 14.1. The fraction of sp³-hybridized carbons (Fsp3) is 1.00. The van der Waals surface area contributed by atoms with Crippen LogP contribution < -0.4 is 0 Å². The number of rotatable bonds is 23. The van der Waals surface area contributed by atoms with Crippen LogP contribution in [0.15, 0.2) is 0 Å². The lowest BCUT2D eigenvalue weighted by Crippen LogP contribution is -2.14. The van der Waals surface area contributed by atoms with Gasteiger partial charge in [0.1, 0.15) is 0 Å². The number of unbranched alkanes of at least 4 members (excludes halogenated alkanes) is 10. The van der Waals surface area contributed by atoms with E-state index in [1.807, 2.05) is 13.8 Å². The lowest BCUT2D eigenvalue weighted by molar-refractivity contribution is -0.255. The summed E-state index contributed by atoms with van der Waals surface area (Å²) in [4.78, 5) is 5.51. The Hall–Kier alpha value is 0.0700. The van der Waals surface area contributed by atoms with Gasteiger partial charge in [-0.25, -0.2) is 4.89 Å². The van der Waals surface area contributed by atoms with Crippen molar-refractivity contribution in [3.63, 3.8) is 0 Å². The zero-order chi connectivity index (χ0) is 21.6. The third kappa shape index (κ3) is 18.5. The van der Waals surface area contributed by atoms with Gasteiger partial charge in [-0.3, -0.25) is 4.57 Å². The second-order valence-corrected chi connectivity index (χ2v) is 9.89. The molecule has 0 saturated heterocycles. The molecular weight excluding hydrogens is 387 g/mol. The molecule has 0 rings (SSSR count). The summed E-state index contributed by atoms with van der Waals surface area (Å²) in [5.74, 6) is 0. The SMILES string of the molecule is CCCCCCCCCCCCCC(CC)OOP(=O)(COCCC)OCCC. The van der Waals surface area contributed by atoms with Gasteiger partial charge in [-0.1, -0.05) is 98.3 Å². The van der Waals surface area contributed by atoms with Gasteiger partial charge in [0, 0.05) is 6.61 Å². The van der Waals surface area contributed by atoms with Crippen molar-refractivity contribution in [2.45, 2.75) is 130 Å². The number of hydrogen-bond acceptors (Lipinski definition) is 5. The van der Waals surface area contributed by atoms with Gasteiger partial charge in [-0.05, 0) is 25.7 Å². The largest absolute Gasteiger partial charge is 0.382 e. The van der Waals surface area contributed by atoms with Gasteiger partial charge < -0.3 is 9.26 Å². The zero-order valence-corrected chi connectivity index (χ0v) is 20.7. The predicted octanol–water partition coefficient (Wildman–Crippen LogP) is 8.42. The molecule has 0 spiro atoms. The standard InChI is InChI=1S/C23H49O5P/c1-5-9-10-11-12-13-14-15-16-17-18-19-23(8-4)27-28-29(24,26-21-7-3)22-25-20-6-2/h23H,5-22H2,1-4H3. The Morgan fingerprint density at radius 2 is 1.24 bits per heavy atom. The predicted molar refractivity (Wildman–Crippen MR) is 122 cm³/mol. The molecule has 0 amide bonds. The molecule has 6 heteroatoms. The molecule has 0 aromatic rings. The molecule has 2 unspecified atom stereocenters. The van der Waals surface area contributed by atoms with E-state index in [0.29, 0.717) is 13.2 Å². The molecule has 0 aliphatic rings. The minimum absolute atomic E-state index is 0.0432. The molecule has 5 nitrogen and oxygen atoms in total. The van der Waals surface area contributed by atoms with Crippen molar-refractivity contribution in [1.29, 1.82) is 0 Å². The summed E-state index contributed by atoms with van der Waals surface area (Å²) < 4.78 is 28.8. The molecule has 0 aliphatic carbocycles. The van der Waals surface area contributed by atoms with E-state index in [9.17, 15) is 4.57 Å². The fourth-order valence-electron chi connectivity index (χ4n) is 3.11. The van der Waals surface area contributed by atoms with Gasteiger partial charge in [-0.2, -0.15) is 0 Å². The van der Waals surface area contributed by atoms with Crippen LogP contribution in [0.1, 0.15) is 124 Å². The van der Waals surface area contributed by atoms with E-state index < -0.39 is 7.60 Å². The van der Waals surface area contributed by atoms with Gasteiger partial charge in [0.2, 0.25) is 0 Å². The summed E-state index contributed by atoms with van der Waals surface area (Å²) in [5.41, 5.74) is 0. The van der Waals surface area contributed by atoms with Crippen molar-refractivity contribution in [2.75, 3.05) is 19.6 Å². The van der Waals surface area contributed by atoms with Crippen molar-refractivity contribution in [3.05, 3.63) is 0 Å². The Bertz CT molecular complexity index is 378. The van der Waals surface area contributed by atoms with Crippen molar-refractivity contribution >= 4 is 7.60 Å². The molecule has 0 aromatic heterocycles. The van der Waals surface area contributed by atoms with Crippen LogP contribution in [-0.4, -0.2) is 25.7 Å². The Balaban J connectivity index is 3.88. The molecule has 0 bridgehead atoms. The maximum Gasteiger partial charge on any atom is 0.382 e. The topological polar surface area (TPSA) is 54.0 Å². The Morgan fingerprint density at radius 1 is 0.690 bits per heavy atom. The Morgan fingerprint density at radius 3 is 1.76 bits per heavy atom. The maximum absolute atomic E-state index is 12.7. The van der Waals surface area contributed by atoms with Gasteiger partial charge in [-0.15, -0.1) is 4.67 Å². The van der Waals surface area contributed by atoms with Gasteiger partial charge in [0.05, 0.1) is 12.7 Å².